The minimum Gasteiger partial charge on any atom is -0.413 e. The van der Waals surface area contributed by atoms with Crippen molar-refractivity contribution in [1.29, 1.82) is 0 Å². The Balaban J connectivity index is 1.49. The van der Waals surface area contributed by atoms with E-state index in [-0.39, 0.29) is 68.7 Å². The molecule has 384 valence electrons. The molecule has 28 heteroatoms. The second kappa shape index (κ2) is 22.4. The SMILES string of the molecule is O=[N+]([O-])c1ccc(OP2(Oc3ccccc3)=NP(Oc3ccccc3)(Oc3ccc([N+](=O)[O-])cc3)=NP(Oc3ccccc3)(Oc3ccc([N+](=O)[O-])cc3)=NP(Oc3ccccc3)(Oc3ccc([N+](=O)[O-])cc3)=N2)cc1. The summed E-state index contributed by atoms with van der Waals surface area (Å²) in [4.78, 5) is 45.3. The molecule has 0 spiro atoms. The quantitative estimate of drug-likeness (QED) is 0.0389. The summed E-state index contributed by atoms with van der Waals surface area (Å²) < 4.78 is 76.0. The van der Waals surface area contributed by atoms with Gasteiger partial charge in [-0.3, -0.25) is 40.5 Å². The molecular formula is C48H36N8O16P4. The van der Waals surface area contributed by atoms with Gasteiger partial charge in [0.2, 0.25) is 0 Å². The van der Waals surface area contributed by atoms with Crippen LogP contribution in [0.3, 0.4) is 0 Å². The Morgan fingerprint density at radius 3 is 0.526 bits per heavy atom. The van der Waals surface area contributed by atoms with Gasteiger partial charge in [-0.1, -0.05) is 90.9 Å². The van der Waals surface area contributed by atoms with Gasteiger partial charge in [-0.2, -0.15) is 0 Å². The second-order valence-corrected chi connectivity index (χ2v) is 23.6. The van der Waals surface area contributed by atoms with Gasteiger partial charge >= 0.3 is 30.6 Å². The van der Waals surface area contributed by atoms with Crippen LogP contribution >= 0.6 is 30.6 Å². The molecule has 76 heavy (non-hydrogen) atoms. The fourth-order valence-corrected chi connectivity index (χ4v) is 18.6. The lowest BCUT2D eigenvalue weighted by Gasteiger charge is -2.33. The standard InChI is InChI=1S/C48H36N8O16P4/c57-53(58)37-21-29-45(30-22-37)69-73(65-41-13-5-1-6-14-41)49-74(66-42-15-7-2-8-16-42,70-46-31-23-38(24-32-46)54(59)60)51-76(68-44-19-11-4-12-20-44,72-48-35-27-40(28-36-48)56(63)64)52-75(50-73,67-43-17-9-3-10-18-43)71-47-33-25-39(26-34-47)55(61)62/h1-36H. The average Bonchev–Trinajstić information content (AvgIpc) is 3.42. The first kappa shape index (κ1) is 51.6. The largest absolute Gasteiger partial charge is 0.460 e. The van der Waals surface area contributed by atoms with Gasteiger partial charge in [0.1, 0.15) is 46.0 Å². The van der Waals surface area contributed by atoms with Crippen molar-refractivity contribution in [3.8, 4) is 46.0 Å². The molecule has 0 fully saturated rings. The highest BCUT2D eigenvalue weighted by molar-refractivity contribution is 7.79. The predicted octanol–water partition coefficient (Wildman–Crippen LogP) is 16.0. The highest BCUT2D eigenvalue weighted by Crippen LogP contribution is 2.79. The third-order valence-electron chi connectivity index (χ3n) is 9.86. The van der Waals surface area contributed by atoms with Gasteiger partial charge in [-0.25, -0.2) is 0 Å². The molecule has 0 saturated carbocycles. The van der Waals surface area contributed by atoms with Crippen LogP contribution in [0.15, 0.2) is 236 Å². The van der Waals surface area contributed by atoms with Crippen LogP contribution in [0.2, 0.25) is 0 Å². The molecule has 0 unspecified atom stereocenters. The molecule has 0 radical (unpaired) electrons. The average molecular weight is 1100 g/mol. The normalized spacial score (nSPS) is 19.6. The van der Waals surface area contributed by atoms with Gasteiger partial charge in [0.25, 0.3) is 22.7 Å². The van der Waals surface area contributed by atoms with Gasteiger partial charge in [0.05, 0.1) is 19.7 Å². The molecule has 0 aromatic heterocycles. The van der Waals surface area contributed by atoms with E-state index in [4.69, 9.17) is 54.3 Å². The van der Waals surface area contributed by atoms with Crippen molar-refractivity contribution >= 4 is 53.4 Å². The molecule has 24 nitrogen and oxygen atoms in total. The summed E-state index contributed by atoms with van der Waals surface area (Å²) in [5, 5.41) is 47.8. The zero-order valence-electron chi connectivity index (χ0n) is 38.7. The molecule has 8 aromatic rings. The molecule has 0 bridgehead atoms. The molecule has 0 saturated heterocycles. The van der Waals surface area contributed by atoms with Crippen molar-refractivity contribution in [1.82, 2.24) is 0 Å². The molecule has 1 heterocycles. The Bertz CT molecular complexity index is 3140. The summed E-state index contributed by atoms with van der Waals surface area (Å²) in [6.45, 7) is 0. The van der Waals surface area contributed by atoms with Crippen LogP contribution in [0.4, 0.5) is 22.7 Å². The van der Waals surface area contributed by atoms with Crippen LogP contribution in [-0.2, 0) is 0 Å². The van der Waals surface area contributed by atoms with E-state index in [1.807, 2.05) is 0 Å². The van der Waals surface area contributed by atoms with Crippen molar-refractivity contribution in [3.63, 3.8) is 0 Å². The van der Waals surface area contributed by atoms with Gasteiger partial charge in [-0.15, -0.1) is 0 Å². The molecule has 0 atom stereocenters. The lowest BCUT2D eigenvalue weighted by molar-refractivity contribution is -0.385. The molecule has 9 rings (SSSR count). The molecular weight excluding hydrogens is 1070 g/mol. The summed E-state index contributed by atoms with van der Waals surface area (Å²) in [7, 11) is -19.7. The number of nitro benzene ring substituents is 4. The summed E-state index contributed by atoms with van der Waals surface area (Å²) in [6.07, 6.45) is 0. The molecule has 8 aromatic carbocycles. The van der Waals surface area contributed by atoms with E-state index in [1.54, 1.807) is 72.8 Å². The molecule has 1 aliphatic rings. The summed E-state index contributed by atoms with van der Waals surface area (Å²) >= 11 is 0. The lowest BCUT2D eigenvalue weighted by Crippen LogP contribution is -2.11. The van der Waals surface area contributed by atoms with Gasteiger partial charge in [0.15, 0.2) is 0 Å². The van der Waals surface area contributed by atoms with Crippen LogP contribution in [0, 0.1) is 40.5 Å². The van der Waals surface area contributed by atoms with Crippen LogP contribution in [-0.4, -0.2) is 19.7 Å². The fraction of sp³-hybridized carbons (Fsp3) is 0. The maximum Gasteiger partial charge on any atom is 0.460 e. The third kappa shape index (κ3) is 12.9. The van der Waals surface area contributed by atoms with E-state index in [2.05, 4.69) is 0 Å². The predicted molar refractivity (Wildman–Crippen MR) is 281 cm³/mol. The summed E-state index contributed by atoms with van der Waals surface area (Å²) in [5.41, 5.74) is -1.27. The zero-order chi connectivity index (χ0) is 53.2. The number of benzene rings is 8. The summed E-state index contributed by atoms with van der Waals surface area (Å²) in [6, 6.07) is 51.4. The number of rotatable bonds is 20. The molecule has 1 aliphatic heterocycles. The number of hydrogen-bond donors (Lipinski definition) is 0. The van der Waals surface area contributed by atoms with Crippen LogP contribution in [0.5, 0.6) is 46.0 Å². The Labute approximate surface area is 430 Å². The molecule has 0 N–H and O–H groups in total. The zero-order valence-corrected chi connectivity index (χ0v) is 42.3. The maximum atomic E-state index is 11.9. The third-order valence-corrected chi connectivity index (χ3v) is 20.7. The van der Waals surface area contributed by atoms with Crippen LogP contribution < -0.4 is 36.2 Å². The smallest absolute Gasteiger partial charge is 0.413 e. The van der Waals surface area contributed by atoms with Crippen molar-refractivity contribution < 1.29 is 55.9 Å². The minimum absolute atomic E-state index is 0.0517. The first-order chi connectivity index (χ1) is 36.7. The van der Waals surface area contributed by atoms with E-state index in [0.29, 0.717) is 0 Å². The van der Waals surface area contributed by atoms with Crippen molar-refractivity contribution in [2.75, 3.05) is 0 Å². The van der Waals surface area contributed by atoms with E-state index in [0.717, 1.165) is 48.5 Å². The number of para-hydroxylation sites is 4. The van der Waals surface area contributed by atoms with Crippen molar-refractivity contribution in [2.24, 2.45) is 18.1 Å². The highest BCUT2D eigenvalue weighted by Gasteiger charge is 2.49. The molecule has 0 amide bonds. The Morgan fingerprint density at radius 2 is 0.382 bits per heavy atom. The van der Waals surface area contributed by atoms with E-state index < -0.39 is 50.3 Å². The monoisotopic (exact) mass is 1100 g/mol. The van der Waals surface area contributed by atoms with Crippen molar-refractivity contribution in [2.45, 2.75) is 0 Å². The van der Waals surface area contributed by atoms with Crippen molar-refractivity contribution in [3.05, 3.63) is 259 Å². The topological polar surface area (TPSA) is 296 Å². The molecule has 0 aliphatic carbocycles. The number of hydrogen-bond acceptors (Lipinski definition) is 20. The first-order valence-corrected chi connectivity index (χ1v) is 28.1. The second-order valence-electron chi connectivity index (χ2n) is 15.3. The van der Waals surface area contributed by atoms with Crippen LogP contribution in [0.1, 0.15) is 0 Å². The van der Waals surface area contributed by atoms with Gasteiger partial charge < -0.3 is 36.2 Å². The van der Waals surface area contributed by atoms with E-state index >= 15 is 0 Å². The Kier molecular flexibility index (Phi) is 15.2. The Hall–Kier alpha value is -9.32. The number of non-ortho nitro benzene ring substituents is 4. The lowest BCUT2D eigenvalue weighted by atomic mass is 10.3. The van der Waals surface area contributed by atoms with E-state index in [1.165, 1.54) is 97.1 Å². The minimum atomic E-state index is -4.92. The fourth-order valence-electron chi connectivity index (χ4n) is 6.55. The van der Waals surface area contributed by atoms with Crippen LogP contribution in [0.25, 0.3) is 0 Å². The van der Waals surface area contributed by atoms with E-state index in [9.17, 15) is 40.5 Å². The van der Waals surface area contributed by atoms with Gasteiger partial charge in [-0.05, 0) is 97.1 Å². The summed E-state index contributed by atoms with van der Waals surface area (Å²) in [5.74, 6) is -0.319. The first-order valence-electron chi connectivity index (χ1n) is 22.0. The number of nitrogens with zero attached hydrogens (tertiary/aromatic N) is 8. The maximum absolute atomic E-state index is 11.9. The highest BCUT2D eigenvalue weighted by atomic mass is 31.3. The number of nitro groups is 4. The Morgan fingerprint density at radius 1 is 0.237 bits per heavy atom. The van der Waals surface area contributed by atoms with Gasteiger partial charge in [0, 0.05) is 48.5 Å².